The van der Waals surface area contributed by atoms with E-state index in [9.17, 15) is 4.79 Å². The average molecular weight is 272 g/mol. The molecular weight excluding hydrogens is 244 g/mol. The molecular formula is C14H28O3Si. The van der Waals surface area contributed by atoms with E-state index >= 15 is 0 Å². The van der Waals surface area contributed by atoms with Gasteiger partial charge < -0.3 is 9.16 Å². The van der Waals surface area contributed by atoms with Crippen LogP contribution in [-0.2, 0) is 14.0 Å². The van der Waals surface area contributed by atoms with Crippen LogP contribution in [0.4, 0.5) is 0 Å². The van der Waals surface area contributed by atoms with Gasteiger partial charge in [0.05, 0.1) is 18.1 Å². The Hall–Kier alpha value is -0.353. The van der Waals surface area contributed by atoms with Crippen molar-refractivity contribution in [2.75, 3.05) is 7.11 Å². The highest BCUT2D eigenvalue weighted by Gasteiger charge is 2.53. The predicted molar refractivity (Wildman–Crippen MR) is 76.0 cm³/mol. The summed E-state index contributed by atoms with van der Waals surface area (Å²) in [5.74, 6) is -0.150. The summed E-state index contributed by atoms with van der Waals surface area (Å²) in [6.45, 7) is 10.5. The minimum absolute atomic E-state index is 0.150. The zero-order chi connectivity index (χ0) is 14.0. The zero-order valence-electron chi connectivity index (χ0n) is 12.8. The summed E-state index contributed by atoms with van der Waals surface area (Å²) in [4.78, 5) is 12.1. The van der Waals surface area contributed by atoms with Crippen LogP contribution in [0.5, 0.6) is 0 Å². The van der Waals surface area contributed by atoms with Crippen molar-refractivity contribution in [1.82, 2.24) is 0 Å². The molecule has 0 aromatic heterocycles. The molecule has 1 aliphatic carbocycles. The quantitative estimate of drug-likeness (QED) is 0.577. The lowest BCUT2D eigenvalue weighted by molar-refractivity contribution is -0.169. The van der Waals surface area contributed by atoms with E-state index in [4.69, 9.17) is 9.16 Å². The molecule has 3 nitrogen and oxygen atoms in total. The SMILES string of the molecule is COC(=O)C(C)(C)C1(O[Si](C)(C)C)CCCCC1. The van der Waals surface area contributed by atoms with Crippen molar-refractivity contribution in [3.05, 3.63) is 0 Å². The Labute approximate surface area is 112 Å². The maximum Gasteiger partial charge on any atom is 0.314 e. The molecule has 0 saturated heterocycles. The fourth-order valence-electron chi connectivity index (χ4n) is 3.00. The van der Waals surface area contributed by atoms with Crippen molar-refractivity contribution < 1.29 is 14.0 Å². The summed E-state index contributed by atoms with van der Waals surface area (Å²) in [5.41, 5.74) is -0.898. The monoisotopic (exact) mass is 272 g/mol. The van der Waals surface area contributed by atoms with Crippen LogP contribution < -0.4 is 0 Å². The first-order valence-electron chi connectivity index (χ1n) is 6.93. The van der Waals surface area contributed by atoms with Gasteiger partial charge in [0.25, 0.3) is 0 Å². The number of ether oxygens (including phenoxy) is 1. The molecule has 0 heterocycles. The maximum absolute atomic E-state index is 12.1. The highest BCUT2D eigenvalue weighted by atomic mass is 28.4. The van der Waals surface area contributed by atoms with Gasteiger partial charge in [-0.3, -0.25) is 4.79 Å². The van der Waals surface area contributed by atoms with Gasteiger partial charge in [0.2, 0.25) is 0 Å². The van der Waals surface area contributed by atoms with Crippen molar-refractivity contribution in [3.63, 3.8) is 0 Å². The first-order valence-corrected chi connectivity index (χ1v) is 10.3. The lowest BCUT2D eigenvalue weighted by atomic mass is 9.67. The van der Waals surface area contributed by atoms with Gasteiger partial charge in [0.1, 0.15) is 0 Å². The molecule has 0 atom stereocenters. The summed E-state index contributed by atoms with van der Waals surface area (Å²) in [6, 6.07) is 0. The highest BCUT2D eigenvalue weighted by molar-refractivity contribution is 6.69. The number of hydrogen-bond donors (Lipinski definition) is 0. The van der Waals surface area contributed by atoms with Crippen LogP contribution in [0.15, 0.2) is 0 Å². The molecule has 0 spiro atoms. The van der Waals surface area contributed by atoms with Crippen LogP contribution in [0.3, 0.4) is 0 Å². The van der Waals surface area contributed by atoms with E-state index in [-0.39, 0.29) is 11.6 Å². The standard InChI is InChI=1S/C14H28O3Si/c1-13(2,12(15)16-3)14(17-18(4,5)6)10-8-7-9-11-14/h7-11H2,1-6H3. The van der Waals surface area contributed by atoms with Gasteiger partial charge in [-0.1, -0.05) is 19.3 Å². The van der Waals surface area contributed by atoms with Crippen LogP contribution >= 0.6 is 0 Å². The smallest absolute Gasteiger partial charge is 0.314 e. The zero-order valence-corrected chi connectivity index (χ0v) is 13.8. The molecule has 4 heteroatoms. The molecule has 0 amide bonds. The molecule has 106 valence electrons. The number of hydrogen-bond acceptors (Lipinski definition) is 3. The lowest BCUT2D eigenvalue weighted by Gasteiger charge is -2.50. The molecule has 0 aromatic carbocycles. The van der Waals surface area contributed by atoms with Crippen LogP contribution in [-0.4, -0.2) is 27.0 Å². The molecule has 0 unspecified atom stereocenters. The third-order valence-corrected chi connectivity index (χ3v) is 5.00. The van der Waals surface area contributed by atoms with Crippen molar-refractivity contribution in [2.24, 2.45) is 5.41 Å². The van der Waals surface area contributed by atoms with E-state index in [1.807, 2.05) is 13.8 Å². The summed E-state index contributed by atoms with van der Waals surface area (Å²) < 4.78 is 11.5. The topological polar surface area (TPSA) is 35.5 Å². The highest BCUT2D eigenvalue weighted by Crippen LogP contribution is 2.47. The van der Waals surface area contributed by atoms with E-state index in [0.29, 0.717) is 0 Å². The molecule has 0 aliphatic heterocycles. The van der Waals surface area contributed by atoms with E-state index < -0.39 is 13.7 Å². The van der Waals surface area contributed by atoms with Gasteiger partial charge in [0.15, 0.2) is 8.32 Å². The minimum Gasteiger partial charge on any atom is -0.469 e. The van der Waals surface area contributed by atoms with Crippen LogP contribution in [0.25, 0.3) is 0 Å². The lowest BCUT2D eigenvalue weighted by Crippen LogP contribution is -2.57. The summed E-state index contributed by atoms with van der Waals surface area (Å²) >= 11 is 0. The van der Waals surface area contributed by atoms with Gasteiger partial charge in [-0.05, 0) is 46.3 Å². The Morgan fingerprint density at radius 3 is 2.00 bits per heavy atom. The van der Waals surface area contributed by atoms with Crippen LogP contribution in [0, 0.1) is 5.41 Å². The largest absolute Gasteiger partial charge is 0.469 e. The van der Waals surface area contributed by atoms with E-state index in [2.05, 4.69) is 19.6 Å². The molecule has 0 aromatic rings. The number of esters is 1. The third kappa shape index (κ3) is 3.15. The molecule has 0 N–H and O–H groups in total. The Bertz CT molecular complexity index is 299. The molecule has 0 radical (unpaired) electrons. The van der Waals surface area contributed by atoms with Crippen molar-refractivity contribution in [3.8, 4) is 0 Å². The average Bonchev–Trinajstić information content (AvgIpc) is 2.26. The Morgan fingerprint density at radius 2 is 1.61 bits per heavy atom. The Morgan fingerprint density at radius 1 is 1.11 bits per heavy atom. The van der Waals surface area contributed by atoms with Crippen LogP contribution in [0.2, 0.25) is 19.6 Å². The van der Waals surface area contributed by atoms with Gasteiger partial charge in [0, 0.05) is 0 Å². The number of carbonyl (C=O) groups is 1. The summed E-state index contributed by atoms with van der Waals surface area (Å²) in [7, 11) is -0.226. The van der Waals surface area contributed by atoms with Crippen molar-refractivity contribution >= 4 is 14.3 Å². The molecule has 18 heavy (non-hydrogen) atoms. The maximum atomic E-state index is 12.1. The van der Waals surface area contributed by atoms with Gasteiger partial charge in [-0.25, -0.2) is 0 Å². The Kier molecular flexibility index (Phi) is 4.65. The molecule has 0 bridgehead atoms. The first kappa shape index (κ1) is 15.7. The summed E-state index contributed by atoms with van der Waals surface area (Å²) in [5, 5.41) is 0. The fourth-order valence-corrected chi connectivity index (χ4v) is 4.64. The second kappa shape index (κ2) is 5.33. The number of methoxy groups -OCH3 is 1. The second-order valence-corrected chi connectivity index (χ2v) is 11.3. The molecule has 1 fully saturated rings. The number of rotatable bonds is 4. The van der Waals surface area contributed by atoms with Crippen molar-refractivity contribution in [2.45, 2.75) is 71.2 Å². The van der Waals surface area contributed by atoms with Gasteiger partial charge in [-0.2, -0.15) is 0 Å². The molecule has 1 saturated carbocycles. The van der Waals surface area contributed by atoms with E-state index in [0.717, 1.165) is 25.7 Å². The molecule has 1 aliphatic rings. The fraction of sp³-hybridized carbons (Fsp3) is 0.929. The first-order chi connectivity index (χ1) is 8.15. The normalized spacial score (nSPS) is 20.6. The van der Waals surface area contributed by atoms with Gasteiger partial charge in [-0.15, -0.1) is 0 Å². The predicted octanol–water partition coefficient (Wildman–Crippen LogP) is 3.74. The van der Waals surface area contributed by atoms with Gasteiger partial charge >= 0.3 is 5.97 Å². The van der Waals surface area contributed by atoms with E-state index in [1.165, 1.54) is 13.5 Å². The van der Waals surface area contributed by atoms with Crippen molar-refractivity contribution in [1.29, 1.82) is 0 Å². The number of carbonyl (C=O) groups excluding carboxylic acids is 1. The minimum atomic E-state index is -1.69. The summed E-state index contributed by atoms with van der Waals surface area (Å²) in [6.07, 6.45) is 5.47. The third-order valence-electron chi connectivity index (χ3n) is 4.00. The second-order valence-electron chi connectivity index (χ2n) is 6.89. The molecule has 1 rings (SSSR count). The van der Waals surface area contributed by atoms with E-state index in [1.54, 1.807) is 0 Å². The Balaban J connectivity index is 3.07. The van der Waals surface area contributed by atoms with Crippen LogP contribution in [0.1, 0.15) is 46.0 Å².